The Morgan fingerprint density at radius 2 is 1.94 bits per heavy atom. The fourth-order valence-corrected chi connectivity index (χ4v) is 2.91. The van der Waals surface area contributed by atoms with Crippen LogP contribution in [0, 0.1) is 5.92 Å². The van der Waals surface area contributed by atoms with Crippen LogP contribution in [0.3, 0.4) is 0 Å². The number of benzene rings is 1. The summed E-state index contributed by atoms with van der Waals surface area (Å²) in [5, 5.41) is 3.69. The fraction of sp³-hybridized carbons (Fsp3) is 0.625. The molecule has 0 amide bonds. The van der Waals surface area contributed by atoms with Crippen molar-refractivity contribution in [1.82, 2.24) is 5.32 Å². The standard InChI is InChI=1S/C16H24BrN/c1-12(2)7-8-13(11-18-14-9-10-14)15-5-3-4-6-16(15)17/h3-6,12-14,18H,7-11H2,1-2H3. The zero-order chi connectivity index (χ0) is 13.0. The van der Waals surface area contributed by atoms with E-state index in [0.29, 0.717) is 5.92 Å². The number of nitrogens with one attached hydrogen (secondary N) is 1. The van der Waals surface area contributed by atoms with Crippen LogP contribution in [0.4, 0.5) is 0 Å². The molecule has 18 heavy (non-hydrogen) atoms. The van der Waals surface area contributed by atoms with Gasteiger partial charge in [0.25, 0.3) is 0 Å². The van der Waals surface area contributed by atoms with Crippen molar-refractivity contribution in [2.45, 2.75) is 51.5 Å². The highest BCUT2D eigenvalue weighted by atomic mass is 79.9. The van der Waals surface area contributed by atoms with E-state index in [1.54, 1.807) is 0 Å². The summed E-state index contributed by atoms with van der Waals surface area (Å²) < 4.78 is 1.26. The van der Waals surface area contributed by atoms with E-state index in [9.17, 15) is 0 Å². The second-order valence-electron chi connectivity index (χ2n) is 5.87. The van der Waals surface area contributed by atoms with Gasteiger partial charge in [-0.3, -0.25) is 0 Å². The number of hydrogen-bond acceptors (Lipinski definition) is 1. The second kappa shape index (κ2) is 6.72. The molecule has 2 heteroatoms. The molecule has 1 fully saturated rings. The SMILES string of the molecule is CC(C)CCC(CNC1CC1)c1ccccc1Br. The predicted octanol–water partition coefficient (Wildman–Crippen LogP) is 4.72. The van der Waals surface area contributed by atoms with Crippen LogP contribution in [-0.2, 0) is 0 Å². The average molecular weight is 310 g/mol. The minimum atomic E-state index is 0.642. The van der Waals surface area contributed by atoms with Gasteiger partial charge in [-0.25, -0.2) is 0 Å². The van der Waals surface area contributed by atoms with Gasteiger partial charge in [-0.15, -0.1) is 0 Å². The summed E-state index contributed by atoms with van der Waals surface area (Å²) in [5.41, 5.74) is 1.46. The maximum atomic E-state index is 3.70. The highest BCUT2D eigenvalue weighted by Gasteiger charge is 2.23. The molecule has 1 unspecified atom stereocenters. The van der Waals surface area contributed by atoms with Gasteiger partial charge >= 0.3 is 0 Å². The summed E-state index contributed by atoms with van der Waals surface area (Å²) in [7, 11) is 0. The fourth-order valence-electron chi connectivity index (χ4n) is 2.30. The van der Waals surface area contributed by atoms with Crippen molar-refractivity contribution in [3.8, 4) is 0 Å². The van der Waals surface area contributed by atoms with Crippen molar-refractivity contribution < 1.29 is 0 Å². The number of rotatable bonds is 7. The molecule has 1 aliphatic rings. The van der Waals surface area contributed by atoms with Gasteiger partial charge in [-0.2, -0.15) is 0 Å². The summed E-state index contributed by atoms with van der Waals surface area (Å²) in [5.74, 6) is 1.43. The molecule has 0 spiro atoms. The van der Waals surface area contributed by atoms with E-state index >= 15 is 0 Å². The van der Waals surface area contributed by atoms with E-state index < -0.39 is 0 Å². The van der Waals surface area contributed by atoms with Gasteiger partial charge in [0.1, 0.15) is 0 Å². The van der Waals surface area contributed by atoms with Crippen LogP contribution >= 0.6 is 15.9 Å². The number of hydrogen-bond donors (Lipinski definition) is 1. The first kappa shape index (κ1) is 14.1. The van der Waals surface area contributed by atoms with Crippen molar-refractivity contribution in [1.29, 1.82) is 0 Å². The first-order valence-electron chi connectivity index (χ1n) is 7.14. The third kappa shape index (κ3) is 4.40. The first-order chi connectivity index (χ1) is 8.66. The smallest absolute Gasteiger partial charge is 0.0210 e. The van der Waals surface area contributed by atoms with Gasteiger partial charge in [-0.05, 0) is 42.7 Å². The minimum absolute atomic E-state index is 0.642. The van der Waals surface area contributed by atoms with Gasteiger partial charge in [0.2, 0.25) is 0 Å². The Balaban J connectivity index is 1.99. The molecule has 1 aliphatic carbocycles. The van der Waals surface area contributed by atoms with Gasteiger partial charge in [0.05, 0.1) is 0 Å². The topological polar surface area (TPSA) is 12.0 Å². The quantitative estimate of drug-likeness (QED) is 0.768. The number of halogens is 1. The first-order valence-corrected chi connectivity index (χ1v) is 7.94. The van der Waals surface area contributed by atoms with Gasteiger partial charge in [0.15, 0.2) is 0 Å². The van der Waals surface area contributed by atoms with Crippen LogP contribution in [0.2, 0.25) is 0 Å². The average Bonchev–Trinajstić information content (AvgIpc) is 3.14. The molecule has 1 nitrogen and oxygen atoms in total. The lowest BCUT2D eigenvalue weighted by molar-refractivity contribution is 0.474. The lowest BCUT2D eigenvalue weighted by Crippen LogP contribution is -2.24. The van der Waals surface area contributed by atoms with E-state index in [4.69, 9.17) is 0 Å². The Hall–Kier alpha value is -0.340. The molecule has 100 valence electrons. The lowest BCUT2D eigenvalue weighted by atomic mass is 9.91. The summed E-state index contributed by atoms with van der Waals surface area (Å²) >= 11 is 3.70. The van der Waals surface area contributed by atoms with E-state index in [0.717, 1.165) is 18.5 Å². The van der Waals surface area contributed by atoms with Crippen LogP contribution in [-0.4, -0.2) is 12.6 Å². The lowest BCUT2D eigenvalue weighted by Gasteiger charge is -2.20. The third-order valence-electron chi connectivity index (χ3n) is 3.67. The van der Waals surface area contributed by atoms with E-state index in [1.807, 2.05) is 0 Å². The van der Waals surface area contributed by atoms with Gasteiger partial charge in [0, 0.05) is 17.1 Å². The van der Waals surface area contributed by atoms with E-state index in [-0.39, 0.29) is 0 Å². The largest absolute Gasteiger partial charge is 0.313 e. The monoisotopic (exact) mass is 309 g/mol. The highest BCUT2D eigenvalue weighted by Crippen LogP contribution is 2.30. The highest BCUT2D eigenvalue weighted by molar-refractivity contribution is 9.10. The Morgan fingerprint density at radius 1 is 1.22 bits per heavy atom. The van der Waals surface area contributed by atoms with E-state index in [2.05, 4.69) is 59.4 Å². The van der Waals surface area contributed by atoms with Gasteiger partial charge < -0.3 is 5.32 Å². The Kier molecular flexibility index (Phi) is 5.25. The molecule has 0 bridgehead atoms. The molecule has 1 aromatic rings. The summed E-state index contributed by atoms with van der Waals surface area (Å²) in [6.45, 7) is 5.75. The van der Waals surface area contributed by atoms with Crippen LogP contribution in [0.15, 0.2) is 28.7 Å². The van der Waals surface area contributed by atoms with Crippen LogP contribution < -0.4 is 5.32 Å². The van der Waals surface area contributed by atoms with E-state index in [1.165, 1.54) is 35.7 Å². The normalized spacial score (nSPS) is 17.1. The second-order valence-corrected chi connectivity index (χ2v) is 6.73. The minimum Gasteiger partial charge on any atom is -0.313 e. The van der Waals surface area contributed by atoms with Crippen LogP contribution in [0.1, 0.15) is 51.0 Å². The Bertz CT molecular complexity index is 365. The van der Waals surface area contributed by atoms with Crippen molar-refractivity contribution in [3.05, 3.63) is 34.3 Å². The maximum absolute atomic E-state index is 3.70. The molecule has 0 aromatic heterocycles. The summed E-state index contributed by atoms with van der Waals surface area (Å²) in [4.78, 5) is 0. The van der Waals surface area contributed by atoms with Crippen LogP contribution in [0.5, 0.6) is 0 Å². The Labute approximate surface area is 119 Å². The molecular weight excluding hydrogens is 286 g/mol. The maximum Gasteiger partial charge on any atom is 0.0210 e. The molecule has 1 saturated carbocycles. The molecule has 0 heterocycles. The van der Waals surface area contributed by atoms with Gasteiger partial charge in [-0.1, -0.05) is 54.4 Å². The molecule has 0 saturated heterocycles. The van der Waals surface area contributed by atoms with Crippen molar-refractivity contribution in [3.63, 3.8) is 0 Å². The molecule has 2 rings (SSSR count). The Morgan fingerprint density at radius 3 is 2.56 bits per heavy atom. The molecule has 1 N–H and O–H groups in total. The molecule has 1 aromatic carbocycles. The zero-order valence-electron chi connectivity index (χ0n) is 11.5. The van der Waals surface area contributed by atoms with Crippen molar-refractivity contribution in [2.24, 2.45) is 5.92 Å². The third-order valence-corrected chi connectivity index (χ3v) is 4.39. The zero-order valence-corrected chi connectivity index (χ0v) is 13.0. The molecule has 1 atom stereocenters. The summed E-state index contributed by atoms with van der Waals surface area (Å²) in [6, 6.07) is 9.48. The predicted molar refractivity (Wildman–Crippen MR) is 82.0 cm³/mol. The van der Waals surface area contributed by atoms with Crippen LogP contribution in [0.25, 0.3) is 0 Å². The molecular formula is C16H24BrN. The molecule has 0 radical (unpaired) electrons. The summed E-state index contributed by atoms with van der Waals surface area (Å²) in [6.07, 6.45) is 5.32. The molecule has 0 aliphatic heterocycles. The van der Waals surface area contributed by atoms with Crippen molar-refractivity contribution in [2.75, 3.05) is 6.54 Å². The van der Waals surface area contributed by atoms with Crippen molar-refractivity contribution >= 4 is 15.9 Å².